The van der Waals surface area contributed by atoms with Crippen LogP contribution in [0.15, 0.2) is 122 Å². The molecule has 2 aliphatic heterocycles. The molecule has 7 aromatic heterocycles. The number of hydrogen-bond donors (Lipinski definition) is 1. The first-order chi connectivity index (χ1) is 25.4. The number of nitrogens with one attached hydrogen (secondary N) is 1. The Labute approximate surface area is 354 Å². The molecule has 0 atom stereocenters. The lowest BCUT2D eigenvalue weighted by Crippen LogP contribution is -3.00. The van der Waals surface area contributed by atoms with Crippen LogP contribution in [0.2, 0.25) is 0 Å². The van der Waals surface area contributed by atoms with Gasteiger partial charge >= 0.3 is 0 Å². The Balaban J connectivity index is 0.00000150. The van der Waals surface area contributed by atoms with Gasteiger partial charge in [0.25, 0.3) is 0 Å². The second-order valence-corrected chi connectivity index (χ2v) is 14.5. The van der Waals surface area contributed by atoms with Crippen molar-refractivity contribution >= 4 is 56.1 Å². The van der Waals surface area contributed by atoms with Crippen molar-refractivity contribution in [2.45, 2.75) is 0 Å². The van der Waals surface area contributed by atoms with Crippen molar-refractivity contribution in [1.29, 1.82) is 0 Å². The zero-order valence-electron chi connectivity index (χ0n) is 31.0. The molecule has 0 spiro atoms. The van der Waals surface area contributed by atoms with Gasteiger partial charge in [0.2, 0.25) is 0 Å². The van der Waals surface area contributed by atoms with Gasteiger partial charge in [0, 0.05) is 90.2 Å². The minimum absolute atomic E-state index is 0. The van der Waals surface area contributed by atoms with E-state index in [1.165, 1.54) is 0 Å². The first-order valence-electron chi connectivity index (χ1n) is 17.3. The van der Waals surface area contributed by atoms with Crippen molar-refractivity contribution < 1.29 is 67.9 Å². The molecule has 282 valence electrons. The lowest BCUT2D eigenvalue weighted by molar-refractivity contribution is -0.671. The van der Waals surface area contributed by atoms with Gasteiger partial charge in [-0.25, -0.2) is 28.2 Å². The molecular formula is C44H37Cl4N7S. The molecule has 0 radical (unpaired) electrons. The summed E-state index contributed by atoms with van der Waals surface area (Å²) in [6, 6.07) is 26.0. The average Bonchev–Trinajstić information content (AvgIpc) is 3.98. The summed E-state index contributed by atoms with van der Waals surface area (Å²) in [5.41, 5.74) is 14.3. The van der Waals surface area contributed by atoms with Gasteiger partial charge in [-0.15, -0.1) is 11.3 Å². The molecule has 7 nitrogen and oxygen atoms in total. The van der Waals surface area contributed by atoms with Crippen LogP contribution in [0.3, 0.4) is 0 Å². The van der Waals surface area contributed by atoms with Gasteiger partial charge in [-0.1, -0.05) is 0 Å². The first kappa shape index (κ1) is 41.9. The normalized spacial score (nSPS) is 11.2. The van der Waals surface area contributed by atoms with Crippen molar-refractivity contribution in [3.8, 4) is 44.5 Å². The number of H-pyrrole nitrogens is 1. The Hall–Kier alpha value is -5.22. The number of fused-ring (bicyclic) bond motifs is 8. The maximum Gasteiger partial charge on any atom is 0.176 e. The molecule has 12 heteroatoms. The Morgan fingerprint density at radius 1 is 0.411 bits per heavy atom. The number of pyridine rings is 4. The lowest BCUT2D eigenvalue weighted by Gasteiger charge is -2.05. The Morgan fingerprint density at radius 2 is 0.786 bits per heavy atom. The topological polar surface area (TPSA) is 57.1 Å². The fourth-order valence-electron chi connectivity index (χ4n) is 7.10. The standard InChI is InChI=1S/C44H36N7S.4ClH/c1-48-23-17-29(18-24-48)41-33-9-10-34(45-33)42(30-19-25-49(2)26-20-30)36-12-14-38(47-36)44(32-8-6-22-51(4)28-32)40-16-15-39(52-40)43(37-13-11-35(41)46-37)31-7-5-21-50(3)27-31;;;;/h5-28H,1-4H3;4*1H/q+3;;;;/p-3. The second kappa shape index (κ2) is 17.3. The van der Waals surface area contributed by atoms with Crippen LogP contribution in [0, 0.1) is 0 Å². The summed E-state index contributed by atoms with van der Waals surface area (Å²) in [6.07, 6.45) is 25.5. The molecule has 1 N–H and O–H groups in total. The summed E-state index contributed by atoms with van der Waals surface area (Å²) >= 11 is 1.78. The van der Waals surface area contributed by atoms with E-state index >= 15 is 0 Å². The molecule has 0 saturated heterocycles. The molecule has 7 aromatic rings. The zero-order chi connectivity index (χ0) is 35.3. The number of thiophene rings is 1. The van der Waals surface area contributed by atoms with E-state index in [0.29, 0.717) is 0 Å². The predicted octanol–water partition coefficient (Wildman–Crippen LogP) is -4.63. The largest absolute Gasteiger partial charge is 1.00 e. The molecule has 0 unspecified atom stereocenters. The summed E-state index contributed by atoms with van der Waals surface area (Å²) in [4.78, 5) is 14.7. The number of halogens is 4. The molecule has 9 rings (SSSR count). The highest BCUT2D eigenvalue weighted by atomic mass is 35.5. The molecule has 2 aliphatic rings. The van der Waals surface area contributed by atoms with Crippen molar-refractivity contribution in [3.05, 3.63) is 145 Å². The lowest BCUT2D eigenvalue weighted by atomic mass is 10.1. The van der Waals surface area contributed by atoms with Crippen LogP contribution >= 0.6 is 11.3 Å². The Kier molecular flexibility index (Phi) is 12.9. The van der Waals surface area contributed by atoms with E-state index in [9.17, 15) is 0 Å². The van der Waals surface area contributed by atoms with Crippen LogP contribution in [0.1, 0.15) is 22.8 Å². The van der Waals surface area contributed by atoms with Gasteiger partial charge in [0.05, 0.1) is 22.8 Å². The number of nitrogens with zero attached hydrogens (tertiary/aromatic N) is 6. The van der Waals surface area contributed by atoms with Crippen LogP contribution in [0.4, 0.5) is 0 Å². The van der Waals surface area contributed by atoms with E-state index in [4.69, 9.17) is 9.97 Å². The molecule has 0 aromatic carbocycles. The molecule has 8 bridgehead atoms. The van der Waals surface area contributed by atoms with Gasteiger partial charge in [0.15, 0.2) is 49.6 Å². The number of aromatic nitrogens is 7. The maximum atomic E-state index is 5.43. The Morgan fingerprint density at radius 3 is 1.16 bits per heavy atom. The van der Waals surface area contributed by atoms with E-state index in [-0.39, 0.29) is 49.6 Å². The zero-order valence-corrected chi connectivity index (χ0v) is 34.8. The summed E-state index contributed by atoms with van der Waals surface area (Å²) in [5.74, 6) is 0. The smallest absolute Gasteiger partial charge is 0.176 e. The fourth-order valence-corrected chi connectivity index (χ4v) is 8.26. The average molecular weight is 838 g/mol. The van der Waals surface area contributed by atoms with Crippen LogP contribution in [0.25, 0.3) is 89.2 Å². The fraction of sp³-hybridized carbons (Fsp3) is 0.0909. The van der Waals surface area contributed by atoms with Crippen molar-refractivity contribution in [3.63, 3.8) is 0 Å². The van der Waals surface area contributed by atoms with E-state index in [2.05, 4.69) is 184 Å². The molecule has 0 saturated carbocycles. The third-order valence-corrected chi connectivity index (χ3v) is 10.7. The van der Waals surface area contributed by atoms with Crippen molar-refractivity contribution in [1.82, 2.24) is 15.0 Å². The minimum Gasteiger partial charge on any atom is -1.00 e. The third-order valence-electron chi connectivity index (χ3n) is 9.62. The Bertz CT molecular complexity index is 2600. The summed E-state index contributed by atoms with van der Waals surface area (Å²) < 4.78 is 10.6. The van der Waals surface area contributed by atoms with Crippen LogP contribution < -0.4 is 67.9 Å². The van der Waals surface area contributed by atoms with Gasteiger partial charge in [-0.05, 0) is 71.8 Å². The summed E-state index contributed by atoms with van der Waals surface area (Å²) in [5, 5.41) is 0. The van der Waals surface area contributed by atoms with Crippen LogP contribution in [0.5, 0.6) is 0 Å². The highest BCUT2D eigenvalue weighted by Crippen LogP contribution is 2.40. The predicted molar refractivity (Wildman–Crippen MR) is 209 cm³/mol. The van der Waals surface area contributed by atoms with Crippen LogP contribution in [-0.4, -0.2) is 15.0 Å². The van der Waals surface area contributed by atoms with Crippen molar-refractivity contribution in [2.75, 3.05) is 0 Å². The summed E-state index contributed by atoms with van der Waals surface area (Å²) in [7, 11) is 8.21. The number of aromatic amines is 1. The third kappa shape index (κ3) is 7.89. The summed E-state index contributed by atoms with van der Waals surface area (Å²) in [6.45, 7) is 0. The highest BCUT2D eigenvalue weighted by molar-refractivity contribution is 7.24. The SMILES string of the molecule is C[n+]1ccc(-c2c3nc(c(-c4ccc[n+](C)c4)c4ccc(s4)c(-c4ccc[n+](C)c4)c4nc(c(-c5cc[n+](C)cc5)c5ccc2[nH]5)C=C4)C=C3)cc1.[Cl-].[Cl-].[Cl-].[Cl-]. The van der Waals surface area contributed by atoms with E-state index in [1.54, 1.807) is 11.3 Å². The van der Waals surface area contributed by atoms with E-state index < -0.39 is 0 Å². The molecule has 9 heterocycles. The minimum atomic E-state index is 0. The number of rotatable bonds is 4. The molecule has 56 heavy (non-hydrogen) atoms. The van der Waals surface area contributed by atoms with Crippen LogP contribution in [-0.2, 0) is 28.2 Å². The van der Waals surface area contributed by atoms with Gasteiger partial charge in [-0.2, -0.15) is 0 Å². The van der Waals surface area contributed by atoms with E-state index in [1.807, 2.05) is 14.1 Å². The van der Waals surface area contributed by atoms with Gasteiger partial charge < -0.3 is 54.6 Å². The van der Waals surface area contributed by atoms with Gasteiger partial charge in [-0.3, -0.25) is 0 Å². The second-order valence-electron chi connectivity index (χ2n) is 13.4. The molecular weight excluding hydrogens is 800 g/mol. The first-order valence-corrected chi connectivity index (χ1v) is 18.1. The molecule has 0 aliphatic carbocycles. The van der Waals surface area contributed by atoms with Gasteiger partial charge in [0.1, 0.15) is 28.2 Å². The number of hydrogen-bond acceptors (Lipinski definition) is 3. The number of aryl methyl sites for hydroxylation is 4. The molecule has 0 amide bonds. The van der Waals surface area contributed by atoms with Crippen molar-refractivity contribution in [2.24, 2.45) is 28.2 Å². The highest BCUT2D eigenvalue weighted by Gasteiger charge is 2.20. The van der Waals surface area contributed by atoms with E-state index in [0.717, 1.165) is 87.7 Å². The monoisotopic (exact) mass is 835 g/mol. The quantitative estimate of drug-likeness (QED) is 0.182. The maximum absolute atomic E-state index is 5.43. The molecule has 0 fully saturated rings.